The number of fused-ring (bicyclic) bond motifs is 1. The highest BCUT2D eigenvalue weighted by Gasteiger charge is 2.34. The minimum atomic E-state index is -4.75. The second-order valence-corrected chi connectivity index (χ2v) is 11.8. The Morgan fingerprint density at radius 3 is 2.48 bits per heavy atom. The highest BCUT2D eigenvalue weighted by molar-refractivity contribution is 7.88. The lowest BCUT2D eigenvalue weighted by Gasteiger charge is -2.34. The molecule has 0 amide bonds. The summed E-state index contributed by atoms with van der Waals surface area (Å²) in [5.74, 6) is -1.58. The highest BCUT2D eigenvalue weighted by Crippen LogP contribution is 2.41. The lowest BCUT2D eigenvalue weighted by atomic mass is 10.0. The number of aromatic nitrogens is 2. The molecule has 0 spiro atoms. The second-order valence-electron chi connectivity index (χ2n) is 9.85. The predicted octanol–water partition coefficient (Wildman–Crippen LogP) is 4.62. The van der Waals surface area contributed by atoms with Gasteiger partial charge >= 0.3 is 6.18 Å². The number of hydrogen-bond donors (Lipinski definition) is 0. The smallest absolute Gasteiger partial charge is 0.416 e. The molecule has 1 atom stereocenters. The van der Waals surface area contributed by atoms with Crippen molar-refractivity contribution in [3.63, 3.8) is 0 Å². The van der Waals surface area contributed by atoms with E-state index in [2.05, 4.69) is 5.10 Å². The van der Waals surface area contributed by atoms with E-state index in [0.717, 1.165) is 24.6 Å². The van der Waals surface area contributed by atoms with Gasteiger partial charge in [0.25, 0.3) is 0 Å². The molecule has 9 nitrogen and oxygen atoms in total. The number of methoxy groups -OCH3 is 1. The maximum Gasteiger partial charge on any atom is 0.416 e. The van der Waals surface area contributed by atoms with E-state index >= 15 is 4.39 Å². The fourth-order valence-corrected chi connectivity index (χ4v) is 5.92. The number of hydrogen-bond acceptors (Lipinski definition) is 7. The van der Waals surface area contributed by atoms with E-state index in [-0.39, 0.29) is 11.3 Å². The Bertz CT molecular complexity index is 1480. The van der Waals surface area contributed by atoms with Gasteiger partial charge in [-0.05, 0) is 49.6 Å². The van der Waals surface area contributed by atoms with Crippen LogP contribution in [0.3, 0.4) is 0 Å². The monoisotopic (exact) mass is 586 g/mol. The van der Waals surface area contributed by atoms with Crippen LogP contribution in [0.5, 0.6) is 5.75 Å². The number of ether oxygens (including phenoxy) is 3. The van der Waals surface area contributed by atoms with E-state index in [1.165, 1.54) is 17.7 Å². The van der Waals surface area contributed by atoms with Crippen LogP contribution in [-0.4, -0.2) is 75.4 Å². The highest BCUT2D eigenvalue weighted by atomic mass is 32.2. The first-order valence-electron chi connectivity index (χ1n) is 12.8. The average molecular weight is 587 g/mol. The molecule has 218 valence electrons. The molecule has 0 radical (unpaired) electrons. The van der Waals surface area contributed by atoms with E-state index in [9.17, 15) is 21.6 Å². The molecular weight excluding hydrogens is 556 g/mol. The summed E-state index contributed by atoms with van der Waals surface area (Å²) in [4.78, 5) is 2.03. The van der Waals surface area contributed by atoms with E-state index < -0.39 is 46.4 Å². The molecule has 0 aliphatic carbocycles. The van der Waals surface area contributed by atoms with Gasteiger partial charge in [-0.1, -0.05) is 0 Å². The van der Waals surface area contributed by atoms with Crippen LogP contribution < -0.4 is 9.64 Å². The van der Waals surface area contributed by atoms with Gasteiger partial charge in [0.1, 0.15) is 5.69 Å². The first-order valence-corrected chi connectivity index (χ1v) is 14.7. The van der Waals surface area contributed by atoms with E-state index in [1.54, 1.807) is 16.8 Å². The molecule has 2 fully saturated rings. The first-order chi connectivity index (χ1) is 19.0. The van der Waals surface area contributed by atoms with Crippen LogP contribution in [-0.2, 0) is 25.7 Å². The van der Waals surface area contributed by atoms with Crippen LogP contribution >= 0.6 is 0 Å². The van der Waals surface area contributed by atoms with Crippen molar-refractivity contribution in [1.29, 1.82) is 0 Å². The number of sulfonamides is 1. The van der Waals surface area contributed by atoms with Gasteiger partial charge in [0.15, 0.2) is 24.6 Å². The molecule has 2 saturated heterocycles. The van der Waals surface area contributed by atoms with Crippen LogP contribution in [0.2, 0.25) is 0 Å². The average Bonchev–Trinajstić information content (AvgIpc) is 3.30. The molecule has 2 aromatic carbocycles. The third-order valence-electron chi connectivity index (χ3n) is 7.15. The third kappa shape index (κ3) is 5.76. The van der Waals surface area contributed by atoms with Crippen molar-refractivity contribution in [2.45, 2.75) is 31.7 Å². The quantitative estimate of drug-likeness (QED) is 0.295. The SMILES string of the molecule is COCOc1cc(C(F)(F)F)cc(-c2nn(C3CCCCO3)c3cc(N4CCN(S(C)(=O)=O)CC4)ccc23)c1F. The lowest BCUT2D eigenvalue weighted by Crippen LogP contribution is -2.48. The summed E-state index contributed by atoms with van der Waals surface area (Å²) in [5, 5.41) is 5.06. The van der Waals surface area contributed by atoms with Crippen molar-refractivity contribution >= 4 is 26.6 Å². The molecule has 0 saturated carbocycles. The van der Waals surface area contributed by atoms with Crippen molar-refractivity contribution in [2.75, 3.05) is 57.8 Å². The van der Waals surface area contributed by atoms with Gasteiger partial charge in [-0.25, -0.2) is 17.5 Å². The molecule has 3 heterocycles. The lowest BCUT2D eigenvalue weighted by molar-refractivity contribution is -0.137. The zero-order chi connectivity index (χ0) is 28.7. The maximum absolute atomic E-state index is 15.6. The van der Waals surface area contributed by atoms with Crippen molar-refractivity contribution in [1.82, 2.24) is 14.1 Å². The molecular formula is C26H30F4N4O5S. The fourth-order valence-electron chi connectivity index (χ4n) is 5.10. The Hall–Kier alpha value is -2.94. The summed E-state index contributed by atoms with van der Waals surface area (Å²) in [6.07, 6.45) is -1.65. The van der Waals surface area contributed by atoms with E-state index in [4.69, 9.17) is 14.2 Å². The predicted molar refractivity (Wildman–Crippen MR) is 140 cm³/mol. The van der Waals surface area contributed by atoms with Gasteiger partial charge < -0.3 is 19.1 Å². The Balaban J connectivity index is 1.62. The summed E-state index contributed by atoms with van der Waals surface area (Å²) in [6.45, 7) is 1.64. The number of rotatable bonds is 7. The molecule has 14 heteroatoms. The summed E-state index contributed by atoms with van der Waals surface area (Å²) >= 11 is 0. The zero-order valence-corrected chi connectivity index (χ0v) is 22.9. The van der Waals surface area contributed by atoms with Crippen LogP contribution in [0.1, 0.15) is 31.1 Å². The number of halogens is 4. The van der Waals surface area contributed by atoms with Gasteiger partial charge in [-0.3, -0.25) is 0 Å². The molecule has 2 aliphatic heterocycles. The summed E-state index contributed by atoms with van der Waals surface area (Å²) in [7, 11) is -2.02. The zero-order valence-electron chi connectivity index (χ0n) is 22.1. The van der Waals surface area contributed by atoms with Crippen molar-refractivity contribution in [3.8, 4) is 17.0 Å². The van der Waals surface area contributed by atoms with Crippen LogP contribution in [0.4, 0.5) is 23.2 Å². The second kappa shape index (κ2) is 11.1. The normalized spacial score (nSPS) is 19.4. The largest absolute Gasteiger partial charge is 0.464 e. The summed E-state index contributed by atoms with van der Waals surface area (Å²) in [5.41, 5.74) is -0.0376. The third-order valence-corrected chi connectivity index (χ3v) is 8.45. The Morgan fingerprint density at radius 2 is 1.85 bits per heavy atom. The Labute approximate surface area is 229 Å². The number of alkyl halides is 3. The number of piperazine rings is 1. The van der Waals surface area contributed by atoms with Crippen molar-refractivity contribution < 1.29 is 40.2 Å². The topological polar surface area (TPSA) is 86.1 Å². The Morgan fingerprint density at radius 1 is 1.10 bits per heavy atom. The van der Waals surface area contributed by atoms with Gasteiger partial charge in [-0.2, -0.15) is 22.6 Å². The molecule has 40 heavy (non-hydrogen) atoms. The molecule has 0 bridgehead atoms. The standard InChI is InChI=1S/C26H30F4N4O5S/c1-37-16-39-22-14-17(26(28,29)30)13-20(24(22)27)25-19-7-6-18(32-8-10-33(11-9-32)40(2,35)36)15-21(19)34(31-25)23-5-3-4-12-38-23/h6-7,13-15,23H,3-5,8-12,16H2,1-2H3. The Kier molecular flexibility index (Phi) is 7.97. The molecule has 3 aromatic rings. The van der Waals surface area contributed by atoms with Gasteiger partial charge in [0, 0.05) is 56.5 Å². The van der Waals surface area contributed by atoms with Crippen LogP contribution in [0, 0.1) is 5.82 Å². The number of benzene rings is 2. The van der Waals surface area contributed by atoms with Crippen LogP contribution in [0.25, 0.3) is 22.2 Å². The number of anilines is 1. The van der Waals surface area contributed by atoms with Crippen molar-refractivity contribution in [3.05, 3.63) is 41.7 Å². The minimum absolute atomic E-state index is 0.0310. The first kappa shape index (κ1) is 28.6. The number of nitrogens with zero attached hydrogens (tertiary/aromatic N) is 4. The molecule has 0 N–H and O–H groups in total. The van der Waals surface area contributed by atoms with E-state index in [0.29, 0.717) is 56.2 Å². The molecule has 5 rings (SSSR count). The van der Waals surface area contributed by atoms with Gasteiger partial charge in [-0.15, -0.1) is 0 Å². The van der Waals surface area contributed by atoms with Gasteiger partial charge in [0.2, 0.25) is 10.0 Å². The maximum atomic E-state index is 15.6. The molecule has 1 unspecified atom stereocenters. The fraction of sp³-hybridized carbons (Fsp3) is 0.500. The van der Waals surface area contributed by atoms with E-state index in [1.807, 2.05) is 11.0 Å². The molecule has 2 aliphatic rings. The van der Waals surface area contributed by atoms with Gasteiger partial charge in [0.05, 0.1) is 17.3 Å². The minimum Gasteiger partial charge on any atom is -0.464 e. The summed E-state index contributed by atoms with van der Waals surface area (Å²) < 4.78 is 99.7. The summed E-state index contributed by atoms with van der Waals surface area (Å²) in [6, 6.07) is 6.67. The molecule has 1 aromatic heterocycles. The van der Waals surface area contributed by atoms with Crippen LogP contribution in [0.15, 0.2) is 30.3 Å². The van der Waals surface area contributed by atoms with Crippen molar-refractivity contribution in [2.24, 2.45) is 0 Å².